The molecule has 0 aliphatic carbocycles. The van der Waals surface area contributed by atoms with E-state index in [1.807, 2.05) is 20.8 Å². The molecule has 0 aliphatic rings. The molecule has 7 nitrogen and oxygen atoms in total. The molecule has 0 aliphatic heterocycles. The smallest absolute Gasteiger partial charge is 0.244 e. The molecule has 1 N–H and O–H groups in total. The average Bonchev–Trinajstić information content (AvgIpc) is 2.70. The van der Waals surface area contributed by atoms with Crippen LogP contribution in [0.15, 0.2) is 46.9 Å². The van der Waals surface area contributed by atoms with E-state index in [1.165, 1.54) is 30.0 Å². The van der Waals surface area contributed by atoms with E-state index >= 15 is 0 Å². The molecule has 2 aromatic rings. The normalized spacial score (nSPS) is 12.7. The van der Waals surface area contributed by atoms with Crippen LogP contribution in [0.1, 0.15) is 38.8 Å². The summed E-state index contributed by atoms with van der Waals surface area (Å²) in [6.45, 7) is 8.03. The molecule has 0 unspecified atom stereocenters. The topological polar surface area (TPSA) is 86.8 Å². The third-order valence-electron chi connectivity index (χ3n) is 5.07. The molecule has 0 heterocycles. The van der Waals surface area contributed by atoms with Crippen molar-refractivity contribution in [3.8, 4) is 0 Å². The van der Waals surface area contributed by atoms with Crippen LogP contribution in [0.5, 0.6) is 0 Å². The van der Waals surface area contributed by atoms with E-state index in [-0.39, 0.29) is 12.1 Å². The minimum atomic E-state index is -3.84. The third kappa shape index (κ3) is 7.53. The Bertz CT molecular complexity index is 1170. The number of hydrogen-bond acceptors (Lipinski definition) is 4. The number of sulfonamides is 1. The standard InChI is InChI=1S/C24H31BrFN3O4S/c1-16-13-19(11-12-20(16)25)29(34(6,32)33)15-22(30)28(14-18-9-7-8-10-21(18)26)17(2)23(31)27-24(3,4)5/h7-13,17H,14-15H2,1-6H3,(H,27,31)/t17-/m1/s1. The monoisotopic (exact) mass is 555 g/mol. The van der Waals surface area contributed by atoms with Gasteiger partial charge in [-0.3, -0.25) is 13.9 Å². The van der Waals surface area contributed by atoms with Crippen LogP contribution in [0.2, 0.25) is 0 Å². The second kappa shape index (κ2) is 10.9. The third-order valence-corrected chi connectivity index (χ3v) is 7.10. The molecule has 34 heavy (non-hydrogen) atoms. The van der Waals surface area contributed by atoms with Gasteiger partial charge in [0.05, 0.1) is 11.9 Å². The zero-order chi connectivity index (χ0) is 25.8. The molecule has 0 radical (unpaired) electrons. The van der Waals surface area contributed by atoms with Gasteiger partial charge < -0.3 is 10.2 Å². The van der Waals surface area contributed by atoms with Gasteiger partial charge in [-0.2, -0.15) is 0 Å². The van der Waals surface area contributed by atoms with Crippen LogP contribution in [-0.2, 0) is 26.2 Å². The largest absolute Gasteiger partial charge is 0.350 e. The Morgan fingerprint density at radius 1 is 1.15 bits per heavy atom. The molecular weight excluding hydrogens is 525 g/mol. The summed E-state index contributed by atoms with van der Waals surface area (Å²) in [4.78, 5) is 27.5. The lowest BCUT2D eigenvalue weighted by atomic mass is 10.1. The number of aryl methyl sites for hydroxylation is 1. The maximum atomic E-state index is 14.4. The van der Waals surface area contributed by atoms with Crippen LogP contribution in [0, 0.1) is 12.7 Å². The zero-order valence-electron chi connectivity index (χ0n) is 20.2. The highest BCUT2D eigenvalue weighted by atomic mass is 79.9. The van der Waals surface area contributed by atoms with Crippen molar-refractivity contribution in [1.82, 2.24) is 10.2 Å². The first-order valence-corrected chi connectivity index (χ1v) is 13.3. The fraction of sp³-hybridized carbons (Fsp3) is 0.417. The summed E-state index contributed by atoms with van der Waals surface area (Å²) >= 11 is 3.38. The van der Waals surface area contributed by atoms with Crippen molar-refractivity contribution >= 4 is 43.5 Å². The number of nitrogens with zero attached hydrogens (tertiary/aromatic N) is 2. The van der Waals surface area contributed by atoms with Crippen LogP contribution < -0.4 is 9.62 Å². The van der Waals surface area contributed by atoms with Crippen molar-refractivity contribution in [3.05, 3.63) is 63.9 Å². The Morgan fingerprint density at radius 2 is 1.76 bits per heavy atom. The number of anilines is 1. The zero-order valence-corrected chi connectivity index (χ0v) is 22.6. The second-order valence-electron chi connectivity index (χ2n) is 9.23. The Morgan fingerprint density at radius 3 is 2.29 bits per heavy atom. The lowest BCUT2D eigenvalue weighted by molar-refractivity contribution is -0.140. The van der Waals surface area contributed by atoms with Crippen molar-refractivity contribution < 1.29 is 22.4 Å². The van der Waals surface area contributed by atoms with E-state index < -0.39 is 45.8 Å². The van der Waals surface area contributed by atoms with Gasteiger partial charge in [-0.1, -0.05) is 34.1 Å². The first kappa shape index (κ1) is 27.8. The molecule has 10 heteroatoms. The highest BCUT2D eigenvalue weighted by Gasteiger charge is 2.31. The minimum Gasteiger partial charge on any atom is -0.350 e. The molecule has 1 atom stereocenters. The second-order valence-corrected chi connectivity index (χ2v) is 12.0. The molecular formula is C24H31BrFN3O4S. The molecule has 2 amide bonds. The van der Waals surface area contributed by atoms with Crippen molar-refractivity contribution in [3.63, 3.8) is 0 Å². The number of carbonyl (C=O) groups excluding carboxylic acids is 2. The highest BCUT2D eigenvalue weighted by Crippen LogP contribution is 2.25. The van der Waals surface area contributed by atoms with Gasteiger partial charge in [-0.15, -0.1) is 0 Å². The summed E-state index contributed by atoms with van der Waals surface area (Å²) in [7, 11) is -3.84. The molecule has 0 spiro atoms. The van der Waals surface area contributed by atoms with Gasteiger partial charge in [-0.05, 0) is 64.4 Å². The summed E-state index contributed by atoms with van der Waals surface area (Å²) in [5, 5.41) is 2.82. The molecule has 0 fully saturated rings. The predicted octanol–water partition coefficient (Wildman–Crippen LogP) is 3.99. The van der Waals surface area contributed by atoms with Gasteiger partial charge in [0.1, 0.15) is 18.4 Å². The fourth-order valence-corrected chi connectivity index (χ4v) is 4.35. The number of benzene rings is 2. The van der Waals surface area contributed by atoms with Crippen LogP contribution in [0.25, 0.3) is 0 Å². The fourth-order valence-electron chi connectivity index (χ4n) is 3.26. The summed E-state index contributed by atoms with van der Waals surface area (Å²) in [6, 6.07) is 9.92. The number of rotatable bonds is 8. The van der Waals surface area contributed by atoms with Crippen LogP contribution >= 0.6 is 15.9 Å². The van der Waals surface area contributed by atoms with Gasteiger partial charge in [0.2, 0.25) is 21.8 Å². The lowest BCUT2D eigenvalue weighted by Gasteiger charge is -2.33. The number of nitrogens with one attached hydrogen (secondary N) is 1. The molecule has 0 bridgehead atoms. The number of carbonyl (C=O) groups is 2. The number of amides is 2. The predicted molar refractivity (Wildman–Crippen MR) is 135 cm³/mol. The first-order valence-electron chi connectivity index (χ1n) is 10.7. The van der Waals surface area contributed by atoms with E-state index in [9.17, 15) is 22.4 Å². The Hall–Kier alpha value is -2.46. The maximum absolute atomic E-state index is 14.4. The Labute approximate surface area is 209 Å². The van der Waals surface area contributed by atoms with Crippen molar-refractivity contribution in [2.24, 2.45) is 0 Å². The molecule has 2 rings (SSSR count). The summed E-state index contributed by atoms with van der Waals surface area (Å²) in [6.07, 6.45) is 1.01. The summed E-state index contributed by atoms with van der Waals surface area (Å²) in [5.41, 5.74) is 0.775. The van der Waals surface area contributed by atoms with Crippen LogP contribution in [0.4, 0.5) is 10.1 Å². The van der Waals surface area contributed by atoms with E-state index in [4.69, 9.17) is 0 Å². The molecule has 186 valence electrons. The van der Waals surface area contributed by atoms with Gasteiger partial charge in [0.25, 0.3) is 0 Å². The van der Waals surface area contributed by atoms with Crippen molar-refractivity contribution in [2.75, 3.05) is 17.1 Å². The molecule has 0 aromatic heterocycles. The van der Waals surface area contributed by atoms with E-state index in [0.29, 0.717) is 5.69 Å². The van der Waals surface area contributed by atoms with Crippen molar-refractivity contribution in [2.45, 2.75) is 52.7 Å². The number of hydrogen-bond donors (Lipinski definition) is 1. The number of halogens is 2. The Kier molecular flexibility index (Phi) is 8.87. The molecule has 0 saturated heterocycles. The van der Waals surface area contributed by atoms with E-state index in [0.717, 1.165) is 20.6 Å². The molecule has 2 aromatic carbocycles. The van der Waals surface area contributed by atoms with Gasteiger partial charge in [0.15, 0.2) is 0 Å². The van der Waals surface area contributed by atoms with Crippen LogP contribution in [0.3, 0.4) is 0 Å². The van der Waals surface area contributed by atoms with Gasteiger partial charge in [-0.25, -0.2) is 12.8 Å². The van der Waals surface area contributed by atoms with Crippen LogP contribution in [-0.4, -0.2) is 49.5 Å². The van der Waals surface area contributed by atoms with Gasteiger partial charge in [0, 0.05) is 22.1 Å². The highest BCUT2D eigenvalue weighted by molar-refractivity contribution is 9.10. The summed E-state index contributed by atoms with van der Waals surface area (Å²) in [5.74, 6) is -1.58. The quantitative estimate of drug-likeness (QED) is 0.533. The van der Waals surface area contributed by atoms with E-state index in [1.54, 1.807) is 31.2 Å². The van der Waals surface area contributed by atoms with E-state index in [2.05, 4.69) is 21.2 Å². The first-order chi connectivity index (χ1) is 15.6. The maximum Gasteiger partial charge on any atom is 0.244 e. The lowest BCUT2D eigenvalue weighted by Crippen LogP contribution is -2.54. The summed E-state index contributed by atoms with van der Waals surface area (Å²) < 4.78 is 41.4. The SMILES string of the molecule is Cc1cc(N(CC(=O)N(Cc2ccccc2F)[C@H](C)C(=O)NC(C)(C)C)S(C)(=O)=O)ccc1Br. The van der Waals surface area contributed by atoms with Gasteiger partial charge >= 0.3 is 0 Å². The van der Waals surface area contributed by atoms with Crippen molar-refractivity contribution in [1.29, 1.82) is 0 Å². The Balaban J connectivity index is 2.44. The minimum absolute atomic E-state index is 0.193. The average molecular weight is 556 g/mol. The molecule has 0 saturated carbocycles.